The van der Waals surface area contributed by atoms with Crippen LogP contribution in [-0.4, -0.2) is 31.3 Å². The lowest BCUT2D eigenvalue weighted by Gasteiger charge is -2.43. The van der Waals surface area contributed by atoms with E-state index in [9.17, 15) is 40.6 Å². The van der Waals surface area contributed by atoms with Crippen LogP contribution in [0.15, 0.2) is 47.4 Å². The second-order valence-electron chi connectivity index (χ2n) is 7.73. The van der Waals surface area contributed by atoms with Gasteiger partial charge in [-0.25, -0.2) is 17.2 Å². The zero-order valence-electron chi connectivity index (χ0n) is 16.2. The minimum atomic E-state index is -4.67. The minimum absolute atomic E-state index is 0.0301. The van der Waals surface area contributed by atoms with E-state index in [2.05, 4.69) is 0 Å². The molecule has 0 amide bonds. The fraction of sp³-hybridized carbons (Fsp3) is 0.429. The van der Waals surface area contributed by atoms with Crippen molar-refractivity contribution in [3.63, 3.8) is 0 Å². The zero-order valence-corrected chi connectivity index (χ0v) is 17.1. The molecule has 170 valence electrons. The summed E-state index contributed by atoms with van der Waals surface area (Å²) in [4.78, 5) is -0.469. The quantitative estimate of drug-likeness (QED) is 0.651. The minimum Gasteiger partial charge on any atom is -0.396 e. The van der Waals surface area contributed by atoms with Crippen LogP contribution in [0.5, 0.6) is 0 Å². The standard InChI is InChI=1S/C21H21F5O4S/c22-15-3-6-18(23)17(11-15)20(9-7-19(28)13(12-20)8-10-27)31(29,30)16-4-1-14(2-5-16)21(24,25)26/h1-6,11,13,19,27-28H,7-10,12H2/t13-,19-,20-/m1/s1. The van der Waals surface area contributed by atoms with Gasteiger partial charge in [0.05, 0.1) is 16.6 Å². The highest BCUT2D eigenvalue weighted by atomic mass is 32.2. The molecule has 2 aromatic carbocycles. The molecule has 0 spiro atoms. The Hall–Kier alpha value is -2.04. The first-order valence-electron chi connectivity index (χ1n) is 9.59. The molecule has 1 aliphatic carbocycles. The van der Waals surface area contributed by atoms with E-state index in [-0.39, 0.29) is 32.3 Å². The third-order valence-electron chi connectivity index (χ3n) is 5.91. The van der Waals surface area contributed by atoms with Crippen molar-refractivity contribution in [1.82, 2.24) is 0 Å². The van der Waals surface area contributed by atoms with Crippen molar-refractivity contribution < 1.29 is 40.6 Å². The van der Waals surface area contributed by atoms with Crippen molar-refractivity contribution in [1.29, 1.82) is 0 Å². The van der Waals surface area contributed by atoms with Gasteiger partial charge in [-0.15, -0.1) is 0 Å². The molecule has 1 aliphatic rings. The average molecular weight is 464 g/mol. The Morgan fingerprint density at radius 3 is 2.29 bits per heavy atom. The van der Waals surface area contributed by atoms with Crippen molar-refractivity contribution >= 4 is 9.84 Å². The normalized spacial score (nSPS) is 24.9. The van der Waals surface area contributed by atoms with Gasteiger partial charge in [-0.1, -0.05) is 0 Å². The van der Waals surface area contributed by atoms with Crippen molar-refractivity contribution in [2.45, 2.75) is 47.6 Å². The van der Waals surface area contributed by atoms with Gasteiger partial charge in [-0.2, -0.15) is 13.2 Å². The van der Waals surface area contributed by atoms with Gasteiger partial charge in [0.25, 0.3) is 0 Å². The summed E-state index contributed by atoms with van der Waals surface area (Å²) in [7, 11) is -4.52. The molecule has 3 atom stereocenters. The van der Waals surface area contributed by atoms with Crippen LogP contribution in [0.1, 0.15) is 36.8 Å². The molecular weight excluding hydrogens is 443 g/mol. The molecule has 31 heavy (non-hydrogen) atoms. The summed E-state index contributed by atoms with van der Waals surface area (Å²) in [5.74, 6) is -2.58. The highest BCUT2D eigenvalue weighted by Gasteiger charge is 2.52. The maximum atomic E-state index is 14.8. The van der Waals surface area contributed by atoms with Gasteiger partial charge in [0.2, 0.25) is 0 Å². The van der Waals surface area contributed by atoms with Crippen LogP contribution >= 0.6 is 0 Å². The molecule has 2 aromatic rings. The van der Waals surface area contributed by atoms with Crippen LogP contribution in [0.3, 0.4) is 0 Å². The maximum Gasteiger partial charge on any atom is 0.416 e. The first-order chi connectivity index (χ1) is 14.4. The van der Waals surface area contributed by atoms with E-state index in [0.717, 1.165) is 30.3 Å². The van der Waals surface area contributed by atoms with Crippen molar-refractivity contribution in [3.8, 4) is 0 Å². The second kappa shape index (κ2) is 8.48. The lowest BCUT2D eigenvalue weighted by molar-refractivity contribution is -0.137. The Bertz CT molecular complexity index is 1040. The van der Waals surface area contributed by atoms with Crippen LogP contribution in [0, 0.1) is 17.6 Å². The van der Waals surface area contributed by atoms with Gasteiger partial charge >= 0.3 is 6.18 Å². The highest BCUT2D eigenvalue weighted by Crippen LogP contribution is 2.50. The van der Waals surface area contributed by atoms with E-state index in [1.807, 2.05) is 0 Å². The number of hydrogen-bond donors (Lipinski definition) is 2. The predicted molar refractivity (Wildman–Crippen MR) is 102 cm³/mol. The summed E-state index contributed by atoms with van der Waals surface area (Å²) < 4.78 is 92.8. The summed E-state index contributed by atoms with van der Waals surface area (Å²) in [5.41, 5.74) is -1.49. The Balaban J connectivity index is 2.19. The van der Waals surface area contributed by atoms with E-state index >= 15 is 0 Å². The SMILES string of the molecule is O=S(=O)(c1ccc(C(F)(F)F)cc1)[C@]1(c2cc(F)ccc2F)CC[C@@H](O)[C@H](CCO)C1. The van der Waals surface area contributed by atoms with Gasteiger partial charge < -0.3 is 10.2 Å². The van der Waals surface area contributed by atoms with E-state index in [0.29, 0.717) is 12.1 Å². The van der Waals surface area contributed by atoms with E-state index in [1.165, 1.54) is 0 Å². The number of sulfone groups is 1. The predicted octanol–water partition coefficient (Wildman–Crippen LogP) is 4.20. The number of benzene rings is 2. The fourth-order valence-electron chi connectivity index (χ4n) is 4.27. The molecule has 0 saturated heterocycles. The molecule has 0 aromatic heterocycles. The molecule has 2 N–H and O–H groups in total. The summed E-state index contributed by atoms with van der Waals surface area (Å²) in [6.45, 7) is -0.357. The summed E-state index contributed by atoms with van der Waals surface area (Å²) in [6.07, 6.45) is -6.25. The number of rotatable bonds is 5. The molecule has 0 aliphatic heterocycles. The largest absolute Gasteiger partial charge is 0.416 e. The molecule has 0 radical (unpaired) electrons. The van der Waals surface area contributed by atoms with Crippen LogP contribution in [-0.2, 0) is 20.8 Å². The molecule has 10 heteroatoms. The molecule has 0 heterocycles. The number of aliphatic hydroxyl groups excluding tert-OH is 2. The molecule has 1 saturated carbocycles. The fourth-order valence-corrected chi connectivity index (χ4v) is 6.48. The van der Waals surface area contributed by atoms with Crippen molar-refractivity contribution in [2.24, 2.45) is 5.92 Å². The van der Waals surface area contributed by atoms with Crippen molar-refractivity contribution in [3.05, 3.63) is 65.2 Å². The van der Waals surface area contributed by atoms with Crippen LogP contribution in [0.25, 0.3) is 0 Å². The summed E-state index contributed by atoms with van der Waals surface area (Å²) >= 11 is 0. The van der Waals surface area contributed by atoms with Crippen LogP contribution in [0.2, 0.25) is 0 Å². The Labute approximate surface area is 176 Å². The molecule has 1 fully saturated rings. The van der Waals surface area contributed by atoms with E-state index < -0.39 is 60.4 Å². The van der Waals surface area contributed by atoms with Crippen LogP contribution in [0.4, 0.5) is 22.0 Å². The Kier molecular flexibility index (Phi) is 6.46. The smallest absolute Gasteiger partial charge is 0.396 e. The summed E-state index contributed by atoms with van der Waals surface area (Å²) in [5, 5.41) is 19.6. The molecule has 0 unspecified atom stereocenters. The molecule has 0 bridgehead atoms. The molecule has 4 nitrogen and oxygen atoms in total. The Morgan fingerprint density at radius 2 is 1.71 bits per heavy atom. The topological polar surface area (TPSA) is 74.6 Å². The monoisotopic (exact) mass is 464 g/mol. The maximum absolute atomic E-state index is 14.8. The van der Waals surface area contributed by atoms with E-state index in [1.54, 1.807) is 0 Å². The van der Waals surface area contributed by atoms with Gasteiger partial charge in [0.15, 0.2) is 9.84 Å². The molecular formula is C21H21F5O4S. The third kappa shape index (κ3) is 4.33. The van der Waals surface area contributed by atoms with Gasteiger partial charge in [0.1, 0.15) is 16.4 Å². The number of hydrogen-bond acceptors (Lipinski definition) is 4. The zero-order chi connectivity index (χ0) is 23.0. The highest BCUT2D eigenvalue weighted by molar-refractivity contribution is 7.92. The average Bonchev–Trinajstić information content (AvgIpc) is 2.71. The van der Waals surface area contributed by atoms with Gasteiger partial charge in [-0.05, 0) is 74.1 Å². The lowest BCUT2D eigenvalue weighted by atomic mass is 9.74. The first kappa shape index (κ1) is 23.6. The second-order valence-corrected chi connectivity index (χ2v) is 9.99. The lowest BCUT2D eigenvalue weighted by Crippen LogP contribution is -2.46. The van der Waals surface area contributed by atoms with Crippen LogP contribution < -0.4 is 0 Å². The third-order valence-corrected chi connectivity index (χ3v) is 8.42. The Morgan fingerprint density at radius 1 is 1.06 bits per heavy atom. The van der Waals surface area contributed by atoms with Crippen molar-refractivity contribution in [2.75, 3.05) is 6.61 Å². The number of alkyl halides is 3. The first-order valence-corrected chi connectivity index (χ1v) is 11.1. The summed E-state index contributed by atoms with van der Waals surface area (Å²) in [6, 6.07) is 5.22. The van der Waals surface area contributed by atoms with Gasteiger partial charge in [-0.3, -0.25) is 0 Å². The number of aliphatic hydroxyl groups is 2. The van der Waals surface area contributed by atoms with Gasteiger partial charge in [0, 0.05) is 12.2 Å². The molecule has 3 rings (SSSR count). The number of halogens is 5. The van der Waals surface area contributed by atoms with E-state index in [4.69, 9.17) is 0 Å².